The predicted molar refractivity (Wildman–Crippen MR) is 120 cm³/mol. The molecule has 0 aromatic carbocycles. The number of esters is 1. The van der Waals surface area contributed by atoms with Crippen molar-refractivity contribution < 1.29 is 23.5 Å². The Morgan fingerprint density at radius 3 is 2.45 bits per heavy atom. The van der Waals surface area contributed by atoms with Gasteiger partial charge >= 0.3 is 12.1 Å². The fourth-order valence-corrected chi connectivity index (χ4v) is 3.68. The van der Waals surface area contributed by atoms with E-state index in [0.29, 0.717) is 24.3 Å². The molecule has 33 heavy (non-hydrogen) atoms. The third-order valence-corrected chi connectivity index (χ3v) is 5.65. The molecule has 0 aliphatic carbocycles. The molecule has 2 aromatic heterocycles. The van der Waals surface area contributed by atoms with Crippen molar-refractivity contribution in [2.45, 2.75) is 84.2 Å². The van der Waals surface area contributed by atoms with E-state index >= 15 is 0 Å². The molecule has 3 atom stereocenters. The molecule has 0 spiro atoms. The van der Waals surface area contributed by atoms with E-state index in [-0.39, 0.29) is 24.4 Å². The van der Waals surface area contributed by atoms with Crippen LogP contribution in [0.5, 0.6) is 0 Å². The summed E-state index contributed by atoms with van der Waals surface area (Å²) in [7, 11) is 0. The monoisotopic (exact) mass is 464 g/mol. The van der Waals surface area contributed by atoms with E-state index < -0.39 is 29.5 Å². The van der Waals surface area contributed by atoms with Crippen molar-refractivity contribution in [3.05, 3.63) is 18.2 Å². The van der Waals surface area contributed by atoms with Gasteiger partial charge in [-0.1, -0.05) is 6.92 Å². The number of ether oxygens (including phenoxy) is 2. The summed E-state index contributed by atoms with van der Waals surface area (Å²) in [6.07, 6.45) is 1.79. The van der Waals surface area contributed by atoms with E-state index in [2.05, 4.69) is 20.4 Å². The summed E-state index contributed by atoms with van der Waals surface area (Å²) in [6.45, 7) is 12.5. The number of nitrogens with one attached hydrogen (secondary N) is 1. The van der Waals surface area contributed by atoms with Gasteiger partial charge < -0.3 is 19.7 Å². The first-order valence-corrected chi connectivity index (χ1v) is 11.1. The first-order valence-electron chi connectivity index (χ1n) is 11.1. The van der Waals surface area contributed by atoms with Crippen LogP contribution in [-0.4, -0.2) is 73.0 Å². The minimum Gasteiger partial charge on any atom is -0.459 e. The number of piperidine rings is 1. The van der Waals surface area contributed by atoms with Crippen molar-refractivity contribution in [2.75, 3.05) is 18.4 Å². The number of hydrogen-bond acceptors (Lipinski definition) is 8. The predicted octanol–water partition coefficient (Wildman–Crippen LogP) is 3.33. The van der Waals surface area contributed by atoms with E-state index in [0.717, 1.165) is 0 Å². The van der Waals surface area contributed by atoms with Crippen LogP contribution in [0.1, 0.15) is 66.6 Å². The highest BCUT2D eigenvalue weighted by Crippen LogP contribution is 2.30. The molecule has 1 amide bonds. The van der Waals surface area contributed by atoms with Gasteiger partial charge in [-0.05, 0) is 41.0 Å². The van der Waals surface area contributed by atoms with E-state index in [1.165, 1.54) is 11.8 Å². The minimum atomic E-state index is -1.31. The fourth-order valence-electron chi connectivity index (χ4n) is 3.68. The average Bonchev–Trinajstić information content (AvgIpc) is 3.09. The molecular formula is C22H33FN6O4. The molecule has 0 radical (unpaired) electrons. The van der Waals surface area contributed by atoms with Crippen LogP contribution in [0.3, 0.4) is 0 Å². The number of carbonyl (C=O) groups is 2. The zero-order chi connectivity index (χ0) is 24.6. The number of rotatable bonds is 5. The van der Waals surface area contributed by atoms with Crippen LogP contribution in [0.4, 0.5) is 15.1 Å². The maximum Gasteiger partial charge on any atom is 0.410 e. The summed E-state index contributed by atoms with van der Waals surface area (Å²) in [6, 6.07) is -0.553. The van der Waals surface area contributed by atoms with E-state index in [4.69, 9.17) is 9.47 Å². The molecule has 3 heterocycles. The molecule has 3 rings (SSSR count). The maximum absolute atomic E-state index is 14.9. The molecule has 1 aliphatic heterocycles. The molecule has 10 nitrogen and oxygen atoms in total. The number of carbonyl (C=O) groups excluding carboxylic acids is 2. The van der Waals surface area contributed by atoms with Crippen LogP contribution in [0.25, 0.3) is 5.52 Å². The SMILES string of the molecule is CC(=O)OC(C)(C)C(C)c1ncc2cnc(N[C@H]3CCN(C(=O)OC(C)(C)C)C[C@H]3F)nn12. The third kappa shape index (κ3) is 5.88. The highest BCUT2D eigenvalue weighted by molar-refractivity contribution is 5.68. The lowest BCUT2D eigenvalue weighted by Gasteiger charge is -2.35. The Balaban J connectivity index is 1.72. The van der Waals surface area contributed by atoms with Gasteiger partial charge in [-0.2, -0.15) is 0 Å². The van der Waals surface area contributed by atoms with E-state index in [9.17, 15) is 14.0 Å². The Labute approximate surface area is 192 Å². The molecule has 1 saturated heterocycles. The first-order chi connectivity index (χ1) is 15.3. The molecule has 2 aromatic rings. The van der Waals surface area contributed by atoms with E-state index in [1.807, 2.05) is 20.8 Å². The lowest BCUT2D eigenvalue weighted by molar-refractivity contribution is -0.155. The standard InChI is InChI=1S/C22H33FN6O4/c1-13(22(6,7)32-14(2)30)18-24-10-15-11-25-19(27-29(15)18)26-17-8-9-28(12-16(17)23)20(31)33-21(3,4)5/h10-11,13,16-17H,8-9,12H2,1-7H3,(H,26,27)/t13?,16-,17+/m1/s1. The van der Waals surface area contributed by atoms with Crippen LogP contribution in [0.15, 0.2) is 12.4 Å². The normalized spacial score (nSPS) is 20.4. The van der Waals surface area contributed by atoms with Crippen LogP contribution in [-0.2, 0) is 14.3 Å². The summed E-state index contributed by atoms with van der Waals surface area (Å²) < 4.78 is 27.3. The zero-order valence-electron chi connectivity index (χ0n) is 20.3. The van der Waals surface area contributed by atoms with Crippen molar-refractivity contribution in [2.24, 2.45) is 0 Å². The number of imidazole rings is 1. The quantitative estimate of drug-likeness (QED) is 0.671. The molecular weight excluding hydrogens is 431 g/mol. The Kier molecular flexibility index (Phi) is 6.80. The summed E-state index contributed by atoms with van der Waals surface area (Å²) >= 11 is 0. The lowest BCUT2D eigenvalue weighted by Crippen LogP contribution is -2.51. The van der Waals surface area contributed by atoms with Gasteiger partial charge in [0.25, 0.3) is 0 Å². The van der Waals surface area contributed by atoms with Crippen LogP contribution in [0.2, 0.25) is 0 Å². The molecule has 1 fully saturated rings. The van der Waals surface area contributed by atoms with Crippen LogP contribution in [0, 0.1) is 0 Å². The Morgan fingerprint density at radius 1 is 1.18 bits per heavy atom. The van der Waals surface area contributed by atoms with Gasteiger partial charge in [0, 0.05) is 13.5 Å². The topological polar surface area (TPSA) is 111 Å². The first kappa shape index (κ1) is 24.7. The van der Waals surface area contributed by atoms with Crippen molar-refractivity contribution in [3.8, 4) is 0 Å². The summed E-state index contributed by atoms with van der Waals surface area (Å²) in [5.74, 6) is 0.199. The van der Waals surface area contributed by atoms with Crippen molar-refractivity contribution in [3.63, 3.8) is 0 Å². The molecule has 182 valence electrons. The summed E-state index contributed by atoms with van der Waals surface area (Å²) in [5.41, 5.74) is -0.771. The number of likely N-dealkylation sites (tertiary alicyclic amines) is 1. The molecule has 0 bridgehead atoms. The van der Waals surface area contributed by atoms with Gasteiger partial charge in [0.2, 0.25) is 5.95 Å². The number of amides is 1. The van der Waals surface area contributed by atoms with Crippen molar-refractivity contribution in [1.82, 2.24) is 24.5 Å². The molecule has 1 aliphatic rings. The lowest BCUT2D eigenvalue weighted by atomic mass is 9.92. The van der Waals surface area contributed by atoms with E-state index in [1.54, 1.807) is 37.7 Å². The number of anilines is 1. The Morgan fingerprint density at radius 2 is 1.85 bits per heavy atom. The van der Waals surface area contributed by atoms with Gasteiger partial charge in [-0.25, -0.2) is 23.7 Å². The number of alkyl halides is 1. The third-order valence-electron chi connectivity index (χ3n) is 5.65. The number of fused-ring (bicyclic) bond motifs is 1. The van der Waals surface area contributed by atoms with Crippen LogP contribution < -0.4 is 5.32 Å². The molecule has 1 N–H and O–H groups in total. The minimum absolute atomic E-state index is 0.0707. The highest BCUT2D eigenvalue weighted by atomic mass is 19.1. The fraction of sp³-hybridized carbons (Fsp3) is 0.682. The van der Waals surface area contributed by atoms with Crippen molar-refractivity contribution >= 4 is 23.5 Å². The number of aromatic nitrogens is 4. The van der Waals surface area contributed by atoms with Crippen molar-refractivity contribution in [1.29, 1.82) is 0 Å². The largest absolute Gasteiger partial charge is 0.459 e. The summed E-state index contributed by atoms with van der Waals surface area (Å²) in [4.78, 5) is 33.8. The zero-order valence-corrected chi connectivity index (χ0v) is 20.3. The number of halogens is 1. The van der Waals surface area contributed by atoms with Gasteiger partial charge in [0.1, 0.15) is 28.7 Å². The molecule has 0 saturated carbocycles. The maximum atomic E-state index is 14.9. The van der Waals surface area contributed by atoms with Crippen LogP contribution >= 0.6 is 0 Å². The second kappa shape index (κ2) is 9.11. The second-order valence-electron chi connectivity index (χ2n) is 9.94. The Bertz CT molecular complexity index is 1020. The van der Waals surface area contributed by atoms with Gasteiger partial charge in [-0.3, -0.25) is 4.79 Å². The second-order valence-corrected chi connectivity index (χ2v) is 9.94. The number of hydrogen-bond donors (Lipinski definition) is 1. The van der Waals surface area contributed by atoms with Gasteiger partial charge in [0.15, 0.2) is 0 Å². The summed E-state index contributed by atoms with van der Waals surface area (Å²) in [5, 5.41) is 7.55. The smallest absolute Gasteiger partial charge is 0.410 e. The average molecular weight is 465 g/mol. The molecule has 11 heteroatoms. The Hall–Kier alpha value is -2.98. The van der Waals surface area contributed by atoms with Gasteiger partial charge in [-0.15, -0.1) is 5.10 Å². The highest BCUT2D eigenvalue weighted by Gasteiger charge is 2.35. The van der Waals surface area contributed by atoms with Gasteiger partial charge in [0.05, 0.1) is 30.9 Å². The number of nitrogens with zero attached hydrogens (tertiary/aromatic N) is 5. The molecule has 1 unspecified atom stereocenters.